The fourth-order valence-corrected chi connectivity index (χ4v) is 2.14. The highest BCUT2D eigenvalue weighted by Crippen LogP contribution is 2.34. The molecule has 0 radical (unpaired) electrons. The molecule has 1 aromatic heterocycles. The molecule has 1 rings (SSSR count). The molecule has 14 heavy (non-hydrogen) atoms. The van der Waals surface area contributed by atoms with Gasteiger partial charge in [0, 0.05) is 18.0 Å². The SMILES string of the molecule is COC(=O)c1c(Br)cncc1C(Br)Br. The van der Waals surface area contributed by atoms with E-state index in [0.717, 1.165) is 5.56 Å². The Bertz CT molecular complexity index is 354. The van der Waals surface area contributed by atoms with E-state index in [-0.39, 0.29) is 3.74 Å². The Kier molecular flexibility index (Phi) is 4.53. The zero-order valence-electron chi connectivity index (χ0n) is 7.13. The number of halogens is 3. The zero-order valence-corrected chi connectivity index (χ0v) is 11.9. The van der Waals surface area contributed by atoms with E-state index in [1.54, 1.807) is 12.4 Å². The number of pyridine rings is 1. The summed E-state index contributed by atoms with van der Waals surface area (Å²) in [5.41, 5.74) is 1.20. The van der Waals surface area contributed by atoms with Crippen molar-refractivity contribution < 1.29 is 9.53 Å². The van der Waals surface area contributed by atoms with Crippen molar-refractivity contribution in [2.24, 2.45) is 0 Å². The van der Waals surface area contributed by atoms with Crippen LogP contribution in [0.1, 0.15) is 19.7 Å². The monoisotopic (exact) mass is 385 g/mol. The molecular formula is C8H6Br3NO2. The molecule has 0 fully saturated rings. The Morgan fingerprint density at radius 1 is 1.50 bits per heavy atom. The summed E-state index contributed by atoms with van der Waals surface area (Å²) in [5.74, 6) is -0.391. The number of aromatic nitrogens is 1. The average Bonchev–Trinajstić information content (AvgIpc) is 2.16. The third-order valence-corrected chi connectivity index (χ3v) is 3.14. The van der Waals surface area contributed by atoms with Crippen LogP contribution in [0.2, 0.25) is 0 Å². The molecule has 0 saturated heterocycles. The third kappa shape index (κ3) is 2.55. The molecule has 0 atom stereocenters. The third-order valence-electron chi connectivity index (χ3n) is 1.55. The van der Waals surface area contributed by atoms with Crippen LogP contribution in [0, 0.1) is 0 Å². The number of hydrogen-bond acceptors (Lipinski definition) is 3. The summed E-state index contributed by atoms with van der Waals surface area (Å²) < 4.78 is 5.16. The number of rotatable bonds is 2. The largest absolute Gasteiger partial charge is 0.465 e. The number of nitrogens with zero attached hydrogens (tertiary/aromatic N) is 1. The van der Waals surface area contributed by atoms with E-state index in [1.807, 2.05) is 0 Å². The second kappa shape index (κ2) is 5.23. The molecular weight excluding hydrogens is 382 g/mol. The Hall–Kier alpha value is 0.0600. The van der Waals surface area contributed by atoms with Crippen LogP contribution in [0.25, 0.3) is 0 Å². The molecule has 0 bridgehead atoms. The van der Waals surface area contributed by atoms with E-state index in [1.165, 1.54) is 7.11 Å². The van der Waals surface area contributed by atoms with Crippen LogP contribution in [0.5, 0.6) is 0 Å². The first-order valence-corrected chi connectivity index (χ1v) is 6.20. The van der Waals surface area contributed by atoms with E-state index in [0.29, 0.717) is 10.0 Å². The van der Waals surface area contributed by atoms with Gasteiger partial charge in [0.25, 0.3) is 0 Å². The first-order valence-electron chi connectivity index (χ1n) is 3.57. The summed E-state index contributed by atoms with van der Waals surface area (Å²) in [7, 11) is 1.34. The molecule has 0 aliphatic carbocycles. The lowest BCUT2D eigenvalue weighted by atomic mass is 10.2. The summed E-state index contributed by atoms with van der Waals surface area (Å²) >= 11 is 9.88. The van der Waals surface area contributed by atoms with Crippen LogP contribution in [0.3, 0.4) is 0 Å². The van der Waals surface area contributed by atoms with Gasteiger partial charge in [-0.25, -0.2) is 4.79 Å². The maximum Gasteiger partial charge on any atom is 0.339 e. The Labute approximate surface area is 107 Å². The molecule has 1 heterocycles. The summed E-state index contributed by atoms with van der Waals surface area (Å²) in [6.07, 6.45) is 3.16. The number of carbonyl (C=O) groups excluding carboxylic acids is 1. The van der Waals surface area contributed by atoms with Gasteiger partial charge in [0.05, 0.1) is 20.9 Å². The van der Waals surface area contributed by atoms with Crippen LogP contribution in [0.4, 0.5) is 0 Å². The van der Waals surface area contributed by atoms with Crippen molar-refractivity contribution in [1.29, 1.82) is 0 Å². The molecule has 0 aromatic carbocycles. The smallest absolute Gasteiger partial charge is 0.339 e. The van der Waals surface area contributed by atoms with Gasteiger partial charge in [-0.1, -0.05) is 31.9 Å². The van der Waals surface area contributed by atoms with Gasteiger partial charge in [0.15, 0.2) is 0 Å². The normalized spacial score (nSPS) is 10.4. The zero-order chi connectivity index (χ0) is 10.7. The molecule has 6 heteroatoms. The highest BCUT2D eigenvalue weighted by Gasteiger charge is 2.19. The lowest BCUT2D eigenvalue weighted by molar-refractivity contribution is 0.0598. The molecule has 0 aliphatic rings. The van der Waals surface area contributed by atoms with Gasteiger partial charge in [-0.05, 0) is 15.9 Å². The predicted molar refractivity (Wildman–Crippen MR) is 63.9 cm³/mol. The van der Waals surface area contributed by atoms with E-state index >= 15 is 0 Å². The summed E-state index contributed by atoms with van der Waals surface area (Å²) in [6.45, 7) is 0. The highest BCUT2D eigenvalue weighted by atomic mass is 79.9. The number of carbonyl (C=O) groups is 1. The fourth-order valence-electron chi connectivity index (χ4n) is 0.933. The molecule has 3 nitrogen and oxygen atoms in total. The van der Waals surface area contributed by atoms with Gasteiger partial charge < -0.3 is 4.74 Å². The highest BCUT2D eigenvalue weighted by molar-refractivity contribution is 9.24. The Morgan fingerprint density at radius 2 is 2.14 bits per heavy atom. The minimum Gasteiger partial charge on any atom is -0.465 e. The molecule has 0 N–H and O–H groups in total. The minimum atomic E-state index is -0.391. The van der Waals surface area contributed by atoms with E-state index in [2.05, 4.69) is 57.5 Å². The molecule has 0 spiro atoms. The summed E-state index contributed by atoms with van der Waals surface area (Å²) in [5, 5.41) is 0. The van der Waals surface area contributed by atoms with E-state index in [9.17, 15) is 4.79 Å². The summed E-state index contributed by atoms with van der Waals surface area (Å²) in [6, 6.07) is 0. The number of hydrogen-bond donors (Lipinski definition) is 0. The van der Waals surface area contributed by atoms with Crippen molar-refractivity contribution in [2.45, 2.75) is 3.74 Å². The van der Waals surface area contributed by atoms with Crippen molar-refractivity contribution in [3.05, 3.63) is 28.0 Å². The van der Waals surface area contributed by atoms with Crippen LogP contribution in [-0.2, 0) is 4.74 Å². The molecule has 0 amide bonds. The van der Waals surface area contributed by atoms with Gasteiger partial charge in [0.1, 0.15) is 0 Å². The summed E-state index contributed by atoms with van der Waals surface area (Å²) in [4.78, 5) is 15.4. The minimum absolute atomic E-state index is 0.130. The topological polar surface area (TPSA) is 39.2 Å². The van der Waals surface area contributed by atoms with Crippen LogP contribution < -0.4 is 0 Å². The quantitative estimate of drug-likeness (QED) is 0.576. The van der Waals surface area contributed by atoms with Gasteiger partial charge in [-0.3, -0.25) is 4.98 Å². The van der Waals surface area contributed by atoms with Crippen molar-refractivity contribution >= 4 is 53.8 Å². The molecule has 76 valence electrons. The van der Waals surface area contributed by atoms with E-state index < -0.39 is 5.97 Å². The number of esters is 1. The molecule has 0 unspecified atom stereocenters. The van der Waals surface area contributed by atoms with E-state index in [4.69, 9.17) is 0 Å². The second-order valence-electron chi connectivity index (χ2n) is 2.38. The van der Waals surface area contributed by atoms with Gasteiger partial charge in [-0.2, -0.15) is 0 Å². The number of ether oxygens (including phenoxy) is 1. The Balaban J connectivity index is 3.29. The van der Waals surface area contributed by atoms with Crippen LogP contribution in [-0.4, -0.2) is 18.1 Å². The standard InChI is InChI=1S/C8H6Br3NO2/c1-14-8(13)6-4(7(10)11)2-12-3-5(6)9/h2-3,7H,1H3. The Morgan fingerprint density at radius 3 is 2.64 bits per heavy atom. The fraction of sp³-hybridized carbons (Fsp3) is 0.250. The van der Waals surface area contributed by atoms with Crippen molar-refractivity contribution in [2.75, 3.05) is 7.11 Å². The second-order valence-corrected chi connectivity index (χ2v) is 6.29. The molecule has 1 aromatic rings. The lowest BCUT2D eigenvalue weighted by Crippen LogP contribution is -2.07. The van der Waals surface area contributed by atoms with Gasteiger partial charge in [-0.15, -0.1) is 0 Å². The van der Waals surface area contributed by atoms with Crippen LogP contribution >= 0.6 is 47.8 Å². The maximum absolute atomic E-state index is 11.4. The van der Waals surface area contributed by atoms with Gasteiger partial charge in [0.2, 0.25) is 0 Å². The first kappa shape index (κ1) is 12.1. The maximum atomic E-state index is 11.4. The molecule has 0 aliphatic heterocycles. The average molecular weight is 388 g/mol. The van der Waals surface area contributed by atoms with Crippen molar-refractivity contribution in [1.82, 2.24) is 4.98 Å². The van der Waals surface area contributed by atoms with Crippen LogP contribution in [0.15, 0.2) is 16.9 Å². The first-order chi connectivity index (χ1) is 6.57. The lowest BCUT2D eigenvalue weighted by Gasteiger charge is -2.09. The number of methoxy groups -OCH3 is 1. The number of alkyl halides is 2. The van der Waals surface area contributed by atoms with Gasteiger partial charge >= 0.3 is 5.97 Å². The predicted octanol–water partition coefficient (Wildman–Crippen LogP) is 3.42. The van der Waals surface area contributed by atoms with Crippen molar-refractivity contribution in [3.8, 4) is 0 Å². The van der Waals surface area contributed by atoms with Crippen molar-refractivity contribution in [3.63, 3.8) is 0 Å². The molecule has 0 saturated carbocycles.